The third-order valence-electron chi connectivity index (χ3n) is 3.91. The molecule has 0 aliphatic heterocycles. The second-order valence-corrected chi connectivity index (χ2v) is 5.18. The number of benzene rings is 1. The Balaban J connectivity index is 2.13. The summed E-state index contributed by atoms with van der Waals surface area (Å²) < 4.78 is 0. The van der Waals surface area contributed by atoms with Crippen LogP contribution in [0.4, 0.5) is 0 Å². The standard InChI is InChI=1S/C15H21NO2/c1-16(11-15(17)18)14-10-6-5-9-13(14)12-7-3-2-4-8-12/h2-4,7-8,13-14H,5-6,9-11H2,1H3,(H,17,18). The van der Waals surface area contributed by atoms with E-state index in [2.05, 4.69) is 24.3 Å². The van der Waals surface area contributed by atoms with Crippen molar-refractivity contribution >= 4 is 5.97 Å². The second kappa shape index (κ2) is 6.01. The average molecular weight is 247 g/mol. The summed E-state index contributed by atoms with van der Waals surface area (Å²) in [6, 6.07) is 10.9. The first-order valence-electron chi connectivity index (χ1n) is 6.65. The molecule has 2 unspecified atom stereocenters. The summed E-state index contributed by atoms with van der Waals surface area (Å²) in [4.78, 5) is 12.9. The van der Waals surface area contributed by atoms with E-state index in [-0.39, 0.29) is 6.54 Å². The van der Waals surface area contributed by atoms with Crippen molar-refractivity contribution in [1.29, 1.82) is 0 Å². The van der Waals surface area contributed by atoms with E-state index in [1.54, 1.807) is 0 Å². The number of rotatable bonds is 4. The number of carboxylic acids is 1. The molecule has 0 radical (unpaired) electrons. The lowest BCUT2D eigenvalue weighted by molar-refractivity contribution is -0.138. The molecule has 1 aromatic carbocycles. The van der Waals surface area contributed by atoms with Crippen LogP contribution in [-0.2, 0) is 4.79 Å². The number of nitrogens with zero attached hydrogens (tertiary/aromatic N) is 1. The molecule has 1 aliphatic rings. The maximum atomic E-state index is 10.9. The molecule has 0 saturated heterocycles. The first-order chi connectivity index (χ1) is 8.68. The molecule has 1 saturated carbocycles. The van der Waals surface area contributed by atoms with E-state index in [9.17, 15) is 4.79 Å². The van der Waals surface area contributed by atoms with Gasteiger partial charge in [-0.05, 0) is 31.4 Å². The molecule has 2 rings (SSSR count). The van der Waals surface area contributed by atoms with Crippen molar-refractivity contribution < 1.29 is 9.90 Å². The minimum Gasteiger partial charge on any atom is -0.480 e. The lowest BCUT2D eigenvalue weighted by Gasteiger charge is -2.37. The van der Waals surface area contributed by atoms with E-state index >= 15 is 0 Å². The summed E-state index contributed by atoms with van der Waals surface area (Å²) in [6.07, 6.45) is 4.72. The van der Waals surface area contributed by atoms with Gasteiger partial charge in [0.1, 0.15) is 0 Å². The molecule has 2 atom stereocenters. The van der Waals surface area contributed by atoms with Crippen molar-refractivity contribution in [3.63, 3.8) is 0 Å². The van der Waals surface area contributed by atoms with E-state index < -0.39 is 5.97 Å². The van der Waals surface area contributed by atoms with Crippen LogP contribution in [0, 0.1) is 0 Å². The van der Waals surface area contributed by atoms with E-state index in [1.807, 2.05) is 18.0 Å². The topological polar surface area (TPSA) is 40.5 Å². The van der Waals surface area contributed by atoms with Crippen molar-refractivity contribution in [2.24, 2.45) is 0 Å². The van der Waals surface area contributed by atoms with Crippen LogP contribution in [-0.4, -0.2) is 35.6 Å². The largest absolute Gasteiger partial charge is 0.480 e. The van der Waals surface area contributed by atoms with Gasteiger partial charge in [-0.1, -0.05) is 43.2 Å². The summed E-state index contributed by atoms with van der Waals surface area (Å²) in [7, 11) is 1.93. The number of carbonyl (C=O) groups is 1. The zero-order valence-corrected chi connectivity index (χ0v) is 10.9. The molecular formula is C15H21NO2. The van der Waals surface area contributed by atoms with Gasteiger partial charge in [0.15, 0.2) is 0 Å². The van der Waals surface area contributed by atoms with Gasteiger partial charge in [-0.3, -0.25) is 9.69 Å². The predicted octanol–water partition coefficient (Wildman–Crippen LogP) is 2.73. The van der Waals surface area contributed by atoms with Gasteiger partial charge in [-0.15, -0.1) is 0 Å². The maximum absolute atomic E-state index is 10.9. The molecule has 0 amide bonds. The fraction of sp³-hybridized carbons (Fsp3) is 0.533. The molecule has 0 spiro atoms. The third kappa shape index (κ3) is 3.10. The summed E-state index contributed by atoms with van der Waals surface area (Å²) in [5.41, 5.74) is 1.35. The van der Waals surface area contributed by atoms with Crippen molar-refractivity contribution in [3.8, 4) is 0 Å². The van der Waals surface area contributed by atoms with Crippen LogP contribution in [0.3, 0.4) is 0 Å². The van der Waals surface area contributed by atoms with Gasteiger partial charge in [0.2, 0.25) is 0 Å². The third-order valence-corrected chi connectivity index (χ3v) is 3.91. The minimum absolute atomic E-state index is 0.133. The highest BCUT2D eigenvalue weighted by Crippen LogP contribution is 2.35. The van der Waals surface area contributed by atoms with E-state index in [1.165, 1.54) is 24.8 Å². The maximum Gasteiger partial charge on any atom is 0.317 e. The van der Waals surface area contributed by atoms with Crippen molar-refractivity contribution in [1.82, 2.24) is 4.90 Å². The molecule has 1 fully saturated rings. The number of carboxylic acid groups (broad SMARTS) is 1. The summed E-state index contributed by atoms with van der Waals surface area (Å²) in [6.45, 7) is 0.133. The normalized spacial score (nSPS) is 24.1. The lowest BCUT2D eigenvalue weighted by atomic mass is 9.79. The van der Waals surface area contributed by atoms with Crippen LogP contribution >= 0.6 is 0 Å². The van der Waals surface area contributed by atoms with Crippen LogP contribution in [0.1, 0.15) is 37.2 Å². The number of hydrogen-bond donors (Lipinski definition) is 1. The molecule has 18 heavy (non-hydrogen) atoms. The van der Waals surface area contributed by atoms with Gasteiger partial charge in [-0.2, -0.15) is 0 Å². The minimum atomic E-state index is -0.741. The van der Waals surface area contributed by atoms with Crippen LogP contribution in [0.15, 0.2) is 30.3 Å². The number of hydrogen-bond acceptors (Lipinski definition) is 2. The van der Waals surface area contributed by atoms with Gasteiger partial charge in [0.25, 0.3) is 0 Å². The SMILES string of the molecule is CN(CC(=O)O)C1CCCCC1c1ccccc1. The van der Waals surface area contributed by atoms with Crippen LogP contribution in [0.5, 0.6) is 0 Å². The highest BCUT2D eigenvalue weighted by Gasteiger charge is 2.29. The van der Waals surface area contributed by atoms with Gasteiger partial charge >= 0.3 is 5.97 Å². The molecule has 0 bridgehead atoms. The first kappa shape index (κ1) is 13.1. The second-order valence-electron chi connectivity index (χ2n) is 5.18. The molecule has 98 valence electrons. The summed E-state index contributed by atoms with van der Waals surface area (Å²) in [5, 5.41) is 8.93. The molecule has 3 nitrogen and oxygen atoms in total. The molecule has 1 aromatic rings. The summed E-state index contributed by atoms with van der Waals surface area (Å²) in [5.74, 6) is -0.265. The Hall–Kier alpha value is -1.35. The smallest absolute Gasteiger partial charge is 0.317 e. The fourth-order valence-electron chi connectivity index (χ4n) is 3.06. The van der Waals surface area contributed by atoms with E-state index in [0.29, 0.717) is 12.0 Å². The van der Waals surface area contributed by atoms with E-state index in [0.717, 1.165) is 6.42 Å². The Morgan fingerprint density at radius 2 is 1.94 bits per heavy atom. The van der Waals surface area contributed by atoms with Gasteiger partial charge in [0, 0.05) is 6.04 Å². The Labute approximate surface area is 108 Å². The first-order valence-corrected chi connectivity index (χ1v) is 6.65. The lowest BCUT2D eigenvalue weighted by Crippen LogP contribution is -2.41. The monoisotopic (exact) mass is 247 g/mol. The predicted molar refractivity (Wildman–Crippen MR) is 71.7 cm³/mol. The Kier molecular flexibility index (Phi) is 4.37. The number of aliphatic carboxylic acids is 1. The van der Waals surface area contributed by atoms with E-state index in [4.69, 9.17) is 5.11 Å². The van der Waals surface area contributed by atoms with Gasteiger partial charge in [0.05, 0.1) is 6.54 Å². The number of likely N-dealkylation sites (N-methyl/N-ethyl adjacent to an activating group) is 1. The molecule has 3 heteroatoms. The van der Waals surface area contributed by atoms with Crippen LogP contribution < -0.4 is 0 Å². The fourth-order valence-corrected chi connectivity index (χ4v) is 3.06. The van der Waals surface area contributed by atoms with Gasteiger partial charge in [-0.25, -0.2) is 0 Å². The van der Waals surface area contributed by atoms with Crippen LogP contribution in [0.2, 0.25) is 0 Å². The highest BCUT2D eigenvalue weighted by atomic mass is 16.4. The zero-order chi connectivity index (χ0) is 13.0. The zero-order valence-electron chi connectivity index (χ0n) is 10.9. The van der Waals surface area contributed by atoms with Gasteiger partial charge < -0.3 is 5.11 Å². The molecular weight excluding hydrogens is 226 g/mol. The van der Waals surface area contributed by atoms with Crippen molar-refractivity contribution in [2.75, 3.05) is 13.6 Å². The van der Waals surface area contributed by atoms with Crippen molar-refractivity contribution in [3.05, 3.63) is 35.9 Å². The molecule has 0 heterocycles. The molecule has 1 aliphatic carbocycles. The van der Waals surface area contributed by atoms with Crippen LogP contribution in [0.25, 0.3) is 0 Å². The summed E-state index contributed by atoms with van der Waals surface area (Å²) >= 11 is 0. The Morgan fingerprint density at radius 1 is 1.28 bits per heavy atom. The van der Waals surface area contributed by atoms with Crippen molar-refractivity contribution in [2.45, 2.75) is 37.6 Å². The highest BCUT2D eigenvalue weighted by molar-refractivity contribution is 5.69. The molecule has 1 N–H and O–H groups in total. The average Bonchev–Trinajstić information content (AvgIpc) is 2.39. The Morgan fingerprint density at radius 3 is 2.61 bits per heavy atom. The Bertz CT molecular complexity index is 391. The quantitative estimate of drug-likeness (QED) is 0.889. The molecule has 0 aromatic heterocycles.